The maximum absolute atomic E-state index is 8.80. The van der Waals surface area contributed by atoms with E-state index in [1.807, 2.05) is 12.1 Å². The molecule has 0 spiro atoms. The first-order valence-electron chi connectivity index (χ1n) is 4.27. The van der Waals surface area contributed by atoms with Crippen LogP contribution >= 0.6 is 0 Å². The highest BCUT2D eigenvalue weighted by molar-refractivity contribution is 5.49. The van der Waals surface area contributed by atoms with Gasteiger partial charge in [0.1, 0.15) is 30.3 Å². The molecule has 0 aliphatic heterocycles. The first-order valence-corrected chi connectivity index (χ1v) is 4.27. The summed E-state index contributed by atoms with van der Waals surface area (Å²) in [4.78, 5) is 3.65. The van der Waals surface area contributed by atoms with Crippen LogP contribution < -0.4 is 4.74 Å². The second-order valence-electron chi connectivity index (χ2n) is 2.78. The number of nitriles is 2. The van der Waals surface area contributed by atoms with Crippen molar-refractivity contribution in [3.63, 3.8) is 0 Å². The summed E-state index contributed by atoms with van der Waals surface area (Å²) >= 11 is 0. The molecule has 2 rings (SSSR count). The molecule has 0 saturated heterocycles. The third kappa shape index (κ3) is 1.84. The topological polar surface area (TPSA) is 82.8 Å². The second kappa shape index (κ2) is 4.16. The molecule has 0 bridgehead atoms. The fourth-order valence-electron chi connectivity index (χ4n) is 1.11. The molecule has 1 heterocycles. The number of nitrogens with zero attached hydrogens (tertiary/aromatic N) is 3. The lowest BCUT2D eigenvalue weighted by Gasteiger charge is -2.01. The summed E-state index contributed by atoms with van der Waals surface area (Å²) in [6.45, 7) is 0. The Morgan fingerprint density at radius 3 is 2.69 bits per heavy atom. The van der Waals surface area contributed by atoms with E-state index in [4.69, 9.17) is 19.7 Å². The van der Waals surface area contributed by atoms with E-state index in [1.165, 1.54) is 18.4 Å². The van der Waals surface area contributed by atoms with Crippen molar-refractivity contribution in [2.75, 3.05) is 0 Å². The summed E-state index contributed by atoms with van der Waals surface area (Å²) in [6.07, 6.45) is 3.73. The van der Waals surface area contributed by atoms with Crippen LogP contribution in [0.5, 0.6) is 11.8 Å². The maximum atomic E-state index is 8.80. The smallest absolute Gasteiger partial charge is 0.399 e. The molecule has 5 nitrogen and oxygen atoms in total. The molecule has 5 heteroatoms. The van der Waals surface area contributed by atoms with Gasteiger partial charge < -0.3 is 9.15 Å². The zero-order valence-corrected chi connectivity index (χ0v) is 7.97. The molecular weight excluding hydrogens is 206 g/mol. The molecule has 0 saturated carbocycles. The summed E-state index contributed by atoms with van der Waals surface area (Å²) in [5, 5.41) is 17.5. The molecule has 0 amide bonds. The summed E-state index contributed by atoms with van der Waals surface area (Å²) in [5.41, 5.74) is 0.546. The van der Waals surface area contributed by atoms with Crippen LogP contribution in [-0.4, -0.2) is 4.98 Å². The van der Waals surface area contributed by atoms with Gasteiger partial charge in [-0.1, -0.05) is 0 Å². The Hall–Kier alpha value is -2.79. The summed E-state index contributed by atoms with van der Waals surface area (Å²) < 4.78 is 10.0. The SMILES string of the molecule is N#Cc1ccc(Oc2n[c]co2)cc1C#N. The van der Waals surface area contributed by atoms with Crippen LogP contribution in [0.25, 0.3) is 0 Å². The predicted octanol–water partition coefficient (Wildman–Crippen LogP) is 2.01. The van der Waals surface area contributed by atoms with E-state index in [-0.39, 0.29) is 11.6 Å². The van der Waals surface area contributed by atoms with Crippen molar-refractivity contribution in [2.45, 2.75) is 0 Å². The number of oxazole rings is 1. The van der Waals surface area contributed by atoms with Crippen molar-refractivity contribution in [3.05, 3.63) is 41.8 Å². The van der Waals surface area contributed by atoms with Crippen molar-refractivity contribution in [3.8, 4) is 24.0 Å². The Morgan fingerprint density at radius 2 is 2.06 bits per heavy atom. The minimum Gasteiger partial charge on any atom is -0.417 e. The van der Waals surface area contributed by atoms with Crippen LogP contribution in [0.15, 0.2) is 28.9 Å². The molecular formula is C11H4N3O2. The van der Waals surface area contributed by atoms with Gasteiger partial charge in [0.05, 0.1) is 11.1 Å². The molecule has 2 aromatic rings. The van der Waals surface area contributed by atoms with Gasteiger partial charge in [-0.2, -0.15) is 15.5 Å². The van der Waals surface area contributed by atoms with Gasteiger partial charge in [0.25, 0.3) is 0 Å². The van der Waals surface area contributed by atoms with Crippen molar-refractivity contribution in [1.82, 2.24) is 4.98 Å². The summed E-state index contributed by atoms with van der Waals surface area (Å²) in [7, 11) is 0. The summed E-state index contributed by atoms with van der Waals surface area (Å²) in [6, 6.07) is 8.32. The molecule has 1 aromatic carbocycles. The normalized spacial score (nSPS) is 9.12. The Kier molecular flexibility index (Phi) is 2.53. The highest BCUT2D eigenvalue weighted by Gasteiger charge is 2.06. The molecule has 1 radical (unpaired) electrons. The highest BCUT2D eigenvalue weighted by Crippen LogP contribution is 2.21. The van der Waals surface area contributed by atoms with Crippen LogP contribution in [0, 0.1) is 28.9 Å². The van der Waals surface area contributed by atoms with Gasteiger partial charge >= 0.3 is 6.08 Å². The van der Waals surface area contributed by atoms with Gasteiger partial charge in [-0.15, -0.1) is 0 Å². The lowest BCUT2D eigenvalue weighted by Crippen LogP contribution is -1.88. The number of rotatable bonds is 2. The molecule has 0 unspecified atom stereocenters. The molecule has 0 atom stereocenters. The van der Waals surface area contributed by atoms with Gasteiger partial charge in [0.15, 0.2) is 0 Å². The Balaban J connectivity index is 2.31. The van der Waals surface area contributed by atoms with Crippen LogP contribution in [0.3, 0.4) is 0 Å². The number of ether oxygens (including phenoxy) is 1. The van der Waals surface area contributed by atoms with Crippen LogP contribution in [0.4, 0.5) is 0 Å². The standard InChI is InChI=1S/C11H4N3O2/c12-6-8-1-2-10(5-9(8)7-13)16-11-14-3-4-15-11/h1-2,4-5H. The zero-order valence-electron chi connectivity index (χ0n) is 7.97. The van der Waals surface area contributed by atoms with Gasteiger partial charge in [0.2, 0.25) is 0 Å². The van der Waals surface area contributed by atoms with E-state index in [0.29, 0.717) is 11.3 Å². The van der Waals surface area contributed by atoms with Crippen LogP contribution in [0.1, 0.15) is 11.1 Å². The fourth-order valence-corrected chi connectivity index (χ4v) is 1.11. The van der Waals surface area contributed by atoms with Crippen molar-refractivity contribution >= 4 is 0 Å². The van der Waals surface area contributed by atoms with Crippen LogP contribution in [0.2, 0.25) is 0 Å². The molecule has 1 aromatic heterocycles. The summed E-state index contributed by atoms with van der Waals surface area (Å²) in [5.74, 6) is 0.381. The first kappa shape index (κ1) is 9.75. The number of aromatic nitrogens is 1. The quantitative estimate of drug-likeness (QED) is 0.756. The van der Waals surface area contributed by atoms with E-state index in [2.05, 4.69) is 11.2 Å². The predicted molar refractivity (Wildman–Crippen MR) is 51.3 cm³/mol. The lowest BCUT2D eigenvalue weighted by atomic mass is 10.1. The van der Waals surface area contributed by atoms with E-state index < -0.39 is 0 Å². The minimum absolute atomic E-state index is 0.0357. The number of benzene rings is 1. The minimum atomic E-state index is 0.0357. The van der Waals surface area contributed by atoms with Crippen molar-refractivity contribution < 1.29 is 9.15 Å². The Bertz CT molecular complexity index is 576. The van der Waals surface area contributed by atoms with E-state index in [0.717, 1.165) is 0 Å². The monoisotopic (exact) mass is 210 g/mol. The largest absolute Gasteiger partial charge is 0.417 e. The molecule has 0 N–H and O–H groups in total. The third-order valence-corrected chi connectivity index (χ3v) is 1.81. The molecule has 0 aliphatic carbocycles. The molecule has 75 valence electrons. The number of hydrogen-bond donors (Lipinski definition) is 0. The molecule has 0 fully saturated rings. The third-order valence-electron chi connectivity index (χ3n) is 1.81. The fraction of sp³-hybridized carbons (Fsp3) is 0. The Morgan fingerprint density at radius 1 is 1.25 bits per heavy atom. The Labute approximate surface area is 91.1 Å². The van der Waals surface area contributed by atoms with Gasteiger partial charge in [-0.05, 0) is 12.1 Å². The van der Waals surface area contributed by atoms with Crippen molar-refractivity contribution in [1.29, 1.82) is 10.5 Å². The number of hydrogen-bond acceptors (Lipinski definition) is 5. The molecule has 0 aliphatic rings. The van der Waals surface area contributed by atoms with Crippen LogP contribution in [-0.2, 0) is 0 Å². The van der Waals surface area contributed by atoms with Gasteiger partial charge in [0, 0.05) is 6.07 Å². The van der Waals surface area contributed by atoms with Crippen molar-refractivity contribution in [2.24, 2.45) is 0 Å². The lowest BCUT2D eigenvalue weighted by molar-refractivity contribution is 0.330. The van der Waals surface area contributed by atoms with E-state index in [9.17, 15) is 0 Å². The second-order valence-corrected chi connectivity index (χ2v) is 2.78. The zero-order chi connectivity index (χ0) is 11.4. The van der Waals surface area contributed by atoms with Gasteiger partial charge in [-0.3, -0.25) is 0 Å². The van der Waals surface area contributed by atoms with E-state index >= 15 is 0 Å². The molecule has 16 heavy (non-hydrogen) atoms. The van der Waals surface area contributed by atoms with Gasteiger partial charge in [-0.25, -0.2) is 0 Å². The highest BCUT2D eigenvalue weighted by atomic mass is 16.6. The first-order chi connectivity index (χ1) is 7.83. The maximum Gasteiger partial charge on any atom is 0.399 e. The average Bonchev–Trinajstić information content (AvgIpc) is 2.81. The average molecular weight is 210 g/mol. The van der Waals surface area contributed by atoms with E-state index in [1.54, 1.807) is 6.07 Å².